The molecule has 1 saturated carbocycles. The molecule has 1 spiro atoms. The van der Waals surface area contributed by atoms with Gasteiger partial charge in [-0.15, -0.1) is 0 Å². The number of carbonyl (C=O) groups is 1. The van der Waals surface area contributed by atoms with Crippen LogP contribution >= 0.6 is 23.2 Å². The van der Waals surface area contributed by atoms with Gasteiger partial charge in [-0.3, -0.25) is 4.79 Å². The number of hydrogen-bond acceptors (Lipinski definition) is 3. The summed E-state index contributed by atoms with van der Waals surface area (Å²) in [7, 11) is 1.65. The molecule has 0 bridgehead atoms. The Labute approximate surface area is 184 Å². The number of halogens is 3. The van der Waals surface area contributed by atoms with Crippen LogP contribution in [0.25, 0.3) is 16.7 Å². The highest BCUT2D eigenvalue weighted by atomic mass is 35.5. The second kappa shape index (κ2) is 7.88. The molecule has 2 N–H and O–H groups in total. The molecular formula is C23H22Cl2FNO3. The quantitative estimate of drug-likeness (QED) is 0.579. The van der Waals surface area contributed by atoms with Gasteiger partial charge in [-0.1, -0.05) is 53.5 Å². The number of aliphatic hydroxyl groups is 1. The van der Waals surface area contributed by atoms with Crippen molar-refractivity contribution in [2.24, 2.45) is 0 Å². The molecule has 30 heavy (non-hydrogen) atoms. The lowest BCUT2D eigenvalue weighted by Crippen LogP contribution is -2.48. The van der Waals surface area contributed by atoms with Crippen LogP contribution < -0.4 is 5.32 Å². The predicted octanol–water partition coefficient (Wildman–Crippen LogP) is 5.83. The zero-order chi connectivity index (χ0) is 21.6. The molecule has 1 heterocycles. The molecule has 0 aromatic heterocycles. The normalized spacial score (nSPS) is 23.9. The first-order valence-electron chi connectivity index (χ1n) is 9.82. The number of hydrogen-bond donors (Lipinski definition) is 2. The van der Waals surface area contributed by atoms with E-state index >= 15 is 4.39 Å². The molecule has 4 nitrogen and oxygen atoms in total. The summed E-state index contributed by atoms with van der Waals surface area (Å²) in [6.45, 7) is 1.60. The molecule has 0 unspecified atom stereocenters. The van der Waals surface area contributed by atoms with Crippen LogP contribution in [-0.4, -0.2) is 29.8 Å². The molecule has 1 fully saturated rings. The fourth-order valence-electron chi connectivity index (χ4n) is 4.52. The van der Waals surface area contributed by atoms with Gasteiger partial charge in [0.15, 0.2) is 0 Å². The summed E-state index contributed by atoms with van der Waals surface area (Å²) in [4.78, 5) is 13.0. The van der Waals surface area contributed by atoms with Crippen LogP contribution in [0.3, 0.4) is 0 Å². The van der Waals surface area contributed by atoms with Crippen LogP contribution in [0.4, 0.5) is 4.39 Å². The van der Waals surface area contributed by atoms with E-state index in [1.54, 1.807) is 38.3 Å². The van der Waals surface area contributed by atoms with Crippen LogP contribution in [-0.2, 0) is 9.53 Å². The third kappa shape index (κ3) is 3.20. The molecule has 4 rings (SSSR count). The first-order chi connectivity index (χ1) is 14.3. The van der Waals surface area contributed by atoms with Crippen LogP contribution in [0, 0.1) is 12.7 Å². The van der Waals surface area contributed by atoms with E-state index < -0.39 is 17.3 Å². The average molecular weight is 450 g/mol. The molecule has 1 amide bonds. The van der Waals surface area contributed by atoms with Crippen molar-refractivity contribution < 1.29 is 19.0 Å². The first kappa shape index (κ1) is 21.2. The number of aliphatic hydroxyl groups excluding tert-OH is 1. The molecule has 2 aromatic rings. The minimum absolute atomic E-state index is 0.0102. The van der Waals surface area contributed by atoms with Gasteiger partial charge < -0.3 is 15.2 Å². The van der Waals surface area contributed by atoms with E-state index in [2.05, 4.69) is 5.32 Å². The van der Waals surface area contributed by atoms with Crippen molar-refractivity contribution in [3.63, 3.8) is 0 Å². The van der Waals surface area contributed by atoms with Gasteiger partial charge in [0, 0.05) is 18.2 Å². The standard InChI is InChI=1S/C23H22Cl2FNO3/c1-12-15(20(26)16(19(25)18(12)24)13-6-4-3-5-7-13)17-21(28)23(27-22(17)29)10-8-14(30-2)9-11-23/h3-7,14,28H,8-11H2,1-2H3,(H,27,29). The van der Waals surface area contributed by atoms with Gasteiger partial charge in [0.05, 0.1) is 27.3 Å². The van der Waals surface area contributed by atoms with Crippen LogP contribution in [0.2, 0.25) is 10.0 Å². The topological polar surface area (TPSA) is 58.6 Å². The van der Waals surface area contributed by atoms with E-state index in [1.165, 1.54) is 0 Å². The third-order valence-electron chi connectivity index (χ3n) is 6.26. The van der Waals surface area contributed by atoms with Crippen molar-refractivity contribution in [1.29, 1.82) is 0 Å². The second-order valence-corrected chi connectivity index (χ2v) is 8.63. The number of benzene rings is 2. The summed E-state index contributed by atoms with van der Waals surface area (Å²) < 4.78 is 21.2. The third-order valence-corrected chi connectivity index (χ3v) is 7.20. The highest BCUT2D eigenvalue weighted by Crippen LogP contribution is 2.47. The monoisotopic (exact) mass is 449 g/mol. The SMILES string of the molecule is COC1CCC2(CC1)NC(=O)C(c1c(C)c(Cl)c(Cl)c(-c3ccccc3)c1F)=C2O. The van der Waals surface area contributed by atoms with E-state index in [4.69, 9.17) is 27.9 Å². The van der Waals surface area contributed by atoms with Gasteiger partial charge in [-0.25, -0.2) is 4.39 Å². The first-order valence-corrected chi connectivity index (χ1v) is 10.6. The van der Waals surface area contributed by atoms with E-state index in [1.807, 2.05) is 6.07 Å². The van der Waals surface area contributed by atoms with Crippen LogP contribution in [0.15, 0.2) is 36.1 Å². The zero-order valence-electron chi connectivity index (χ0n) is 16.7. The lowest BCUT2D eigenvalue weighted by atomic mass is 9.79. The minimum Gasteiger partial charge on any atom is -0.509 e. The summed E-state index contributed by atoms with van der Waals surface area (Å²) in [5.41, 5.74) is -0.0185. The minimum atomic E-state index is -0.903. The molecule has 7 heteroatoms. The molecule has 2 aliphatic rings. The van der Waals surface area contributed by atoms with Gasteiger partial charge in [0.1, 0.15) is 11.6 Å². The summed E-state index contributed by atoms with van der Waals surface area (Å²) in [6.07, 6.45) is 2.48. The van der Waals surface area contributed by atoms with E-state index in [0.29, 0.717) is 36.8 Å². The molecule has 158 valence electrons. The van der Waals surface area contributed by atoms with Crippen molar-refractivity contribution in [2.45, 2.75) is 44.2 Å². The Morgan fingerprint density at radius 2 is 1.77 bits per heavy atom. The Hall–Kier alpha value is -2.08. The van der Waals surface area contributed by atoms with Crippen LogP contribution in [0.5, 0.6) is 0 Å². The fourth-order valence-corrected chi connectivity index (χ4v) is 5.05. The Bertz CT molecular complexity index is 1040. The van der Waals surface area contributed by atoms with Crippen molar-refractivity contribution in [3.05, 3.63) is 63.1 Å². The maximum atomic E-state index is 15.8. The molecule has 2 aromatic carbocycles. The molecule has 0 saturated heterocycles. The van der Waals surface area contributed by atoms with Crippen molar-refractivity contribution >= 4 is 34.7 Å². The molecule has 1 aliphatic carbocycles. The number of carbonyl (C=O) groups excluding carboxylic acids is 1. The Kier molecular flexibility index (Phi) is 5.56. The number of ether oxygens (including phenoxy) is 1. The molecule has 1 aliphatic heterocycles. The number of methoxy groups -OCH3 is 1. The van der Waals surface area contributed by atoms with Crippen LogP contribution in [0.1, 0.15) is 36.8 Å². The number of rotatable bonds is 3. The summed E-state index contributed by atoms with van der Waals surface area (Å²) in [5.74, 6) is -1.32. The largest absolute Gasteiger partial charge is 0.509 e. The second-order valence-electron chi connectivity index (χ2n) is 7.88. The molecular weight excluding hydrogens is 428 g/mol. The summed E-state index contributed by atoms with van der Waals surface area (Å²) in [5, 5.41) is 14.3. The molecule has 0 atom stereocenters. The average Bonchev–Trinajstić information content (AvgIpc) is 2.98. The summed E-state index contributed by atoms with van der Waals surface area (Å²) in [6, 6.07) is 8.78. The zero-order valence-corrected chi connectivity index (χ0v) is 18.2. The highest BCUT2D eigenvalue weighted by Gasteiger charge is 2.49. The van der Waals surface area contributed by atoms with Gasteiger partial charge >= 0.3 is 0 Å². The Morgan fingerprint density at radius 1 is 1.13 bits per heavy atom. The van der Waals surface area contributed by atoms with Crippen molar-refractivity contribution in [1.82, 2.24) is 5.32 Å². The predicted molar refractivity (Wildman–Crippen MR) is 116 cm³/mol. The van der Waals surface area contributed by atoms with Gasteiger partial charge in [0.2, 0.25) is 0 Å². The number of nitrogens with one attached hydrogen (secondary N) is 1. The van der Waals surface area contributed by atoms with Gasteiger partial charge in [-0.2, -0.15) is 0 Å². The van der Waals surface area contributed by atoms with Crippen molar-refractivity contribution in [2.75, 3.05) is 7.11 Å². The van der Waals surface area contributed by atoms with E-state index in [0.717, 1.165) is 0 Å². The van der Waals surface area contributed by atoms with E-state index in [-0.39, 0.29) is 38.6 Å². The fraction of sp³-hybridized carbons (Fsp3) is 0.348. The van der Waals surface area contributed by atoms with Crippen molar-refractivity contribution in [3.8, 4) is 11.1 Å². The Balaban J connectivity index is 1.90. The van der Waals surface area contributed by atoms with E-state index in [9.17, 15) is 9.90 Å². The lowest BCUT2D eigenvalue weighted by molar-refractivity contribution is -0.116. The Morgan fingerprint density at radius 3 is 2.37 bits per heavy atom. The maximum Gasteiger partial charge on any atom is 0.256 e. The summed E-state index contributed by atoms with van der Waals surface area (Å²) >= 11 is 12.8. The highest BCUT2D eigenvalue weighted by molar-refractivity contribution is 6.44. The maximum absolute atomic E-state index is 15.8. The lowest BCUT2D eigenvalue weighted by Gasteiger charge is -2.36. The van der Waals surface area contributed by atoms with Gasteiger partial charge in [0.25, 0.3) is 5.91 Å². The molecule has 0 radical (unpaired) electrons. The van der Waals surface area contributed by atoms with Gasteiger partial charge in [-0.05, 0) is 43.7 Å². The number of amides is 1. The smallest absolute Gasteiger partial charge is 0.256 e.